The van der Waals surface area contributed by atoms with E-state index in [0.717, 1.165) is 4.90 Å². The Labute approximate surface area is 117 Å². The number of amides is 2. The SMILES string of the molecule is Nc1ccc(N2C(=O)c3ccncc3C2=O)cc1Br. The van der Waals surface area contributed by atoms with Crippen LogP contribution in [-0.4, -0.2) is 16.8 Å². The molecule has 0 saturated carbocycles. The highest BCUT2D eigenvalue weighted by atomic mass is 79.9. The van der Waals surface area contributed by atoms with E-state index < -0.39 is 0 Å². The van der Waals surface area contributed by atoms with E-state index in [9.17, 15) is 9.59 Å². The third kappa shape index (κ3) is 1.72. The Morgan fingerprint density at radius 3 is 2.53 bits per heavy atom. The highest BCUT2D eigenvalue weighted by Crippen LogP contribution is 2.31. The maximum atomic E-state index is 12.2. The molecule has 3 rings (SSSR count). The summed E-state index contributed by atoms with van der Waals surface area (Å²) in [6.45, 7) is 0. The minimum absolute atomic E-state index is 0.320. The molecule has 1 aromatic carbocycles. The van der Waals surface area contributed by atoms with Gasteiger partial charge in [0.2, 0.25) is 0 Å². The van der Waals surface area contributed by atoms with Crippen molar-refractivity contribution in [2.45, 2.75) is 0 Å². The van der Waals surface area contributed by atoms with E-state index in [-0.39, 0.29) is 11.8 Å². The minimum atomic E-state index is -0.371. The van der Waals surface area contributed by atoms with E-state index in [2.05, 4.69) is 20.9 Å². The van der Waals surface area contributed by atoms with Crippen molar-refractivity contribution in [3.63, 3.8) is 0 Å². The first-order valence-electron chi connectivity index (χ1n) is 5.47. The van der Waals surface area contributed by atoms with Gasteiger partial charge >= 0.3 is 0 Å². The Balaban J connectivity index is 2.11. The van der Waals surface area contributed by atoms with Gasteiger partial charge in [0.05, 0.1) is 16.8 Å². The van der Waals surface area contributed by atoms with Gasteiger partial charge in [-0.2, -0.15) is 0 Å². The van der Waals surface area contributed by atoms with Gasteiger partial charge in [0, 0.05) is 22.6 Å². The topological polar surface area (TPSA) is 76.3 Å². The number of imide groups is 1. The number of hydrogen-bond donors (Lipinski definition) is 1. The molecule has 0 bridgehead atoms. The van der Waals surface area contributed by atoms with Crippen LogP contribution in [0.15, 0.2) is 41.1 Å². The van der Waals surface area contributed by atoms with E-state index >= 15 is 0 Å². The maximum absolute atomic E-state index is 12.2. The molecule has 0 saturated heterocycles. The smallest absolute Gasteiger partial charge is 0.267 e. The number of anilines is 2. The molecule has 2 aromatic rings. The van der Waals surface area contributed by atoms with Gasteiger partial charge < -0.3 is 5.73 Å². The van der Waals surface area contributed by atoms with Crippen LogP contribution in [-0.2, 0) is 0 Å². The summed E-state index contributed by atoms with van der Waals surface area (Å²) in [5.74, 6) is -0.719. The fourth-order valence-electron chi connectivity index (χ4n) is 1.97. The van der Waals surface area contributed by atoms with Crippen molar-refractivity contribution in [3.8, 4) is 0 Å². The van der Waals surface area contributed by atoms with Crippen molar-refractivity contribution < 1.29 is 9.59 Å². The minimum Gasteiger partial charge on any atom is -0.398 e. The van der Waals surface area contributed by atoms with Crippen LogP contribution in [0.1, 0.15) is 20.7 Å². The largest absolute Gasteiger partial charge is 0.398 e. The monoisotopic (exact) mass is 317 g/mol. The summed E-state index contributed by atoms with van der Waals surface area (Å²) >= 11 is 3.28. The number of aromatic nitrogens is 1. The number of benzene rings is 1. The fraction of sp³-hybridized carbons (Fsp3) is 0. The lowest BCUT2D eigenvalue weighted by atomic mass is 10.2. The first-order chi connectivity index (χ1) is 9.09. The first-order valence-corrected chi connectivity index (χ1v) is 6.26. The summed E-state index contributed by atoms with van der Waals surface area (Å²) < 4.78 is 0.639. The van der Waals surface area contributed by atoms with Crippen LogP contribution in [0.2, 0.25) is 0 Å². The summed E-state index contributed by atoms with van der Waals surface area (Å²) in [5.41, 5.74) is 7.41. The van der Waals surface area contributed by atoms with E-state index in [1.807, 2.05) is 0 Å². The molecule has 0 radical (unpaired) electrons. The van der Waals surface area contributed by atoms with E-state index in [1.54, 1.807) is 24.3 Å². The van der Waals surface area contributed by atoms with Crippen LogP contribution >= 0.6 is 15.9 Å². The summed E-state index contributed by atoms with van der Waals surface area (Å²) in [6.07, 6.45) is 2.90. The van der Waals surface area contributed by atoms with Crippen LogP contribution < -0.4 is 10.6 Å². The number of hydrogen-bond acceptors (Lipinski definition) is 4. The third-order valence-corrected chi connectivity index (χ3v) is 3.62. The number of carbonyl (C=O) groups excluding carboxylic acids is 2. The summed E-state index contributed by atoms with van der Waals surface area (Å²) in [6, 6.07) is 6.46. The summed E-state index contributed by atoms with van der Waals surface area (Å²) in [5, 5.41) is 0. The molecule has 0 unspecified atom stereocenters. The zero-order chi connectivity index (χ0) is 13.6. The molecule has 1 aromatic heterocycles. The quantitative estimate of drug-likeness (QED) is 0.646. The molecule has 0 fully saturated rings. The van der Waals surface area contributed by atoms with Crippen molar-refractivity contribution in [3.05, 3.63) is 52.3 Å². The van der Waals surface area contributed by atoms with Crippen LogP contribution in [0.5, 0.6) is 0 Å². The molecule has 0 aliphatic carbocycles. The Morgan fingerprint density at radius 1 is 1.11 bits per heavy atom. The molecule has 6 heteroatoms. The molecule has 2 amide bonds. The second kappa shape index (κ2) is 4.17. The Hall–Kier alpha value is -2.21. The molecule has 0 atom stereocenters. The highest BCUT2D eigenvalue weighted by Gasteiger charge is 2.36. The number of nitrogens with two attached hydrogens (primary N) is 1. The predicted molar refractivity (Wildman–Crippen MR) is 73.9 cm³/mol. The summed E-state index contributed by atoms with van der Waals surface area (Å²) in [4.78, 5) is 29.5. The predicted octanol–water partition coefficient (Wildman–Crippen LogP) is 2.23. The molecule has 2 N–H and O–H groups in total. The van der Waals surface area contributed by atoms with Crippen molar-refractivity contribution in [2.75, 3.05) is 10.6 Å². The average Bonchev–Trinajstić information content (AvgIpc) is 2.66. The number of halogens is 1. The molecule has 94 valence electrons. The van der Waals surface area contributed by atoms with Gasteiger partial charge in [0.25, 0.3) is 11.8 Å². The van der Waals surface area contributed by atoms with Gasteiger partial charge in [0.15, 0.2) is 0 Å². The number of carbonyl (C=O) groups is 2. The normalized spacial score (nSPS) is 13.8. The van der Waals surface area contributed by atoms with Crippen LogP contribution in [0, 0.1) is 0 Å². The van der Waals surface area contributed by atoms with Gasteiger partial charge in [0.1, 0.15) is 0 Å². The molecular formula is C13H8BrN3O2. The van der Waals surface area contributed by atoms with Gasteiger partial charge in [-0.05, 0) is 40.2 Å². The number of nitrogen functional groups attached to an aromatic ring is 1. The number of fused-ring (bicyclic) bond motifs is 1. The van der Waals surface area contributed by atoms with Crippen molar-refractivity contribution in [2.24, 2.45) is 0 Å². The Kier molecular flexibility index (Phi) is 2.60. The van der Waals surface area contributed by atoms with E-state index in [1.165, 1.54) is 12.4 Å². The van der Waals surface area contributed by atoms with E-state index in [0.29, 0.717) is 27.0 Å². The molecule has 0 spiro atoms. The number of nitrogens with zero attached hydrogens (tertiary/aromatic N) is 2. The fourth-order valence-corrected chi connectivity index (χ4v) is 2.34. The second-order valence-corrected chi connectivity index (χ2v) is 4.93. The summed E-state index contributed by atoms with van der Waals surface area (Å²) in [7, 11) is 0. The van der Waals surface area contributed by atoms with Crippen LogP contribution in [0.3, 0.4) is 0 Å². The lowest BCUT2D eigenvalue weighted by molar-refractivity contribution is 0.0926. The van der Waals surface area contributed by atoms with Crippen LogP contribution in [0.25, 0.3) is 0 Å². The molecular weight excluding hydrogens is 310 g/mol. The van der Waals surface area contributed by atoms with Gasteiger partial charge in [-0.15, -0.1) is 0 Å². The second-order valence-electron chi connectivity index (χ2n) is 4.07. The maximum Gasteiger partial charge on any atom is 0.267 e. The molecule has 19 heavy (non-hydrogen) atoms. The molecule has 2 heterocycles. The van der Waals surface area contributed by atoms with Crippen LogP contribution in [0.4, 0.5) is 11.4 Å². The lowest BCUT2D eigenvalue weighted by Gasteiger charge is -2.14. The van der Waals surface area contributed by atoms with Crippen molar-refractivity contribution >= 4 is 39.1 Å². The lowest BCUT2D eigenvalue weighted by Crippen LogP contribution is -2.29. The standard InChI is InChI=1S/C13H8BrN3O2/c14-10-5-7(1-2-11(10)15)17-12(18)8-3-4-16-6-9(8)13(17)19/h1-6H,15H2. The average molecular weight is 318 g/mol. The zero-order valence-electron chi connectivity index (χ0n) is 9.63. The molecule has 5 nitrogen and oxygen atoms in total. The van der Waals surface area contributed by atoms with Gasteiger partial charge in [-0.1, -0.05) is 0 Å². The van der Waals surface area contributed by atoms with E-state index in [4.69, 9.17) is 5.73 Å². The Bertz CT molecular complexity index is 680. The Morgan fingerprint density at radius 2 is 1.84 bits per heavy atom. The first kappa shape index (κ1) is 11.9. The highest BCUT2D eigenvalue weighted by molar-refractivity contribution is 9.10. The molecule has 1 aliphatic heterocycles. The number of rotatable bonds is 1. The third-order valence-electron chi connectivity index (χ3n) is 2.93. The number of pyridine rings is 1. The van der Waals surface area contributed by atoms with Crippen molar-refractivity contribution in [1.82, 2.24) is 4.98 Å². The molecule has 1 aliphatic rings. The van der Waals surface area contributed by atoms with Gasteiger partial charge in [-0.3, -0.25) is 14.6 Å². The zero-order valence-corrected chi connectivity index (χ0v) is 11.2. The van der Waals surface area contributed by atoms with Crippen molar-refractivity contribution in [1.29, 1.82) is 0 Å². The van der Waals surface area contributed by atoms with Gasteiger partial charge in [-0.25, -0.2) is 4.90 Å².